The van der Waals surface area contributed by atoms with Gasteiger partial charge in [-0.25, -0.2) is 4.39 Å². The van der Waals surface area contributed by atoms with Crippen LogP contribution < -0.4 is 4.90 Å². The Morgan fingerprint density at radius 3 is 2.67 bits per heavy atom. The van der Waals surface area contributed by atoms with E-state index in [1.807, 2.05) is 0 Å². The molecular weight excluding hydrogens is 351 g/mol. The number of piperazine rings is 1. The van der Waals surface area contributed by atoms with Gasteiger partial charge in [0.2, 0.25) is 12.3 Å². The number of benzodiazepines with no additional fused rings is 1. The molecule has 0 spiro atoms. The van der Waals surface area contributed by atoms with Gasteiger partial charge < -0.3 is 9.32 Å². The lowest BCUT2D eigenvalue weighted by Crippen LogP contribution is -2.51. The van der Waals surface area contributed by atoms with Crippen molar-refractivity contribution in [2.75, 3.05) is 50.8 Å². The molecule has 142 valence electrons. The lowest BCUT2D eigenvalue weighted by atomic mass is 10.1. The van der Waals surface area contributed by atoms with Gasteiger partial charge in [0.15, 0.2) is 0 Å². The molecule has 0 N–H and O–H groups in total. The first kappa shape index (κ1) is 17.7. The molecule has 0 saturated carbocycles. The summed E-state index contributed by atoms with van der Waals surface area (Å²) in [6.45, 7) is 7.27. The summed E-state index contributed by atoms with van der Waals surface area (Å²) in [5.41, 5.74) is 1.43. The third-order valence-corrected chi connectivity index (χ3v) is 4.99. The Morgan fingerprint density at radius 1 is 1.19 bits per heavy atom. The Labute approximate surface area is 156 Å². The van der Waals surface area contributed by atoms with Crippen molar-refractivity contribution in [1.82, 2.24) is 20.0 Å². The Morgan fingerprint density at radius 2 is 1.96 bits per heavy atom. The monoisotopic (exact) mass is 372 g/mol. The quantitative estimate of drug-likeness (QED) is 0.796. The lowest BCUT2D eigenvalue weighted by molar-refractivity contribution is -0.117. The van der Waals surface area contributed by atoms with Crippen molar-refractivity contribution in [3.05, 3.63) is 41.9 Å². The fourth-order valence-electron chi connectivity index (χ4n) is 3.45. The molecule has 0 aliphatic carbocycles. The van der Waals surface area contributed by atoms with Crippen LogP contribution in [0.25, 0.3) is 0 Å². The largest absolute Gasteiger partial charge is 0.422 e. The maximum Gasteiger partial charge on any atom is 0.266 e. The minimum Gasteiger partial charge on any atom is -0.422 e. The molecule has 1 aromatic carbocycles. The Hall–Kier alpha value is -2.65. The second-order valence-corrected chi connectivity index (χ2v) is 6.59. The third-order valence-electron chi connectivity index (χ3n) is 4.99. The number of amides is 1. The zero-order chi connectivity index (χ0) is 18.8. The topological polar surface area (TPSA) is 78.1 Å². The molecule has 1 amide bonds. The molecule has 9 heteroatoms. The summed E-state index contributed by atoms with van der Waals surface area (Å²) in [4.78, 5) is 23.4. The number of aliphatic imine (C=N–C) groups is 1. The van der Waals surface area contributed by atoms with Crippen LogP contribution in [0.4, 0.5) is 10.1 Å². The van der Waals surface area contributed by atoms with E-state index in [1.54, 1.807) is 11.0 Å². The molecule has 4 rings (SSSR count). The average Bonchev–Trinajstić information content (AvgIpc) is 3.17. The fourth-order valence-corrected chi connectivity index (χ4v) is 3.45. The number of carbonyl (C=O) groups is 1. The van der Waals surface area contributed by atoms with E-state index in [0.29, 0.717) is 23.6 Å². The minimum atomic E-state index is -0.410. The van der Waals surface area contributed by atoms with Crippen molar-refractivity contribution in [3.63, 3.8) is 0 Å². The van der Waals surface area contributed by atoms with Gasteiger partial charge in [-0.3, -0.25) is 19.6 Å². The van der Waals surface area contributed by atoms with Crippen molar-refractivity contribution in [2.45, 2.75) is 6.92 Å². The average molecular weight is 372 g/mol. The minimum absolute atomic E-state index is 0.0526. The van der Waals surface area contributed by atoms with E-state index in [-0.39, 0.29) is 18.3 Å². The predicted octanol–water partition coefficient (Wildman–Crippen LogP) is 0.988. The number of rotatable bonds is 4. The number of nitrogens with zero attached hydrogens (tertiary/aromatic N) is 6. The molecule has 3 heterocycles. The van der Waals surface area contributed by atoms with Crippen molar-refractivity contribution < 1.29 is 13.6 Å². The molecular formula is C18H21FN6O2. The summed E-state index contributed by atoms with van der Waals surface area (Å²) in [5, 5.41) is 7.55. The molecule has 2 aliphatic heterocycles. The normalized spacial score (nSPS) is 19.0. The van der Waals surface area contributed by atoms with Gasteiger partial charge in [-0.05, 0) is 24.7 Å². The maximum absolute atomic E-state index is 14.0. The fraction of sp³-hybridized carbons (Fsp3) is 0.444. The van der Waals surface area contributed by atoms with Crippen molar-refractivity contribution >= 4 is 17.3 Å². The van der Waals surface area contributed by atoms with Gasteiger partial charge in [-0.1, -0.05) is 6.92 Å². The van der Waals surface area contributed by atoms with Crippen LogP contribution in [0.5, 0.6) is 0 Å². The van der Waals surface area contributed by atoms with Gasteiger partial charge >= 0.3 is 0 Å². The number of aromatic nitrogens is 2. The summed E-state index contributed by atoms with van der Waals surface area (Å²) in [7, 11) is 0. The highest BCUT2D eigenvalue weighted by molar-refractivity contribution is 6.17. The van der Waals surface area contributed by atoms with E-state index in [4.69, 9.17) is 4.42 Å². The van der Waals surface area contributed by atoms with Crippen molar-refractivity contribution in [1.29, 1.82) is 0 Å². The van der Waals surface area contributed by atoms with Crippen LogP contribution in [0.1, 0.15) is 18.4 Å². The number of anilines is 1. The number of hydrogen-bond donors (Lipinski definition) is 0. The van der Waals surface area contributed by atoms with Crippen LogP contribution in [-0.4, -0.2) is 77.6 Å². The zero-order valence-corrected chi connectivity index (χ0v) is 15.1. The molecule has 0 atom stereocenters. The predicted molar refractivity (Wildman–Crippen MR) is 97.2 cm³/mol. The van der Waals surface area contributed by atoms with Crippen LogP contribution in [-0.2, 0) is 4.79 Å². The molecule has 8 nitrogen and oxygen atoms in total. The highest BCUT2D eigenvalue weighted by Gasteiger charge is 2.29. The van der Waals surface area contributed by atoms with Gasteiger partial charge in [-0.15, -0.1) is 10.2 Å². The summed E-state index contributed by atoms with van der Waals surface area (Å²) < 4.78 is 19.2. The summed E-state index contributed by atoms with van der Waals surface area (Å²) in [5.74, 6) is -0.379. The highest BCUT2D eigenvalue weighted by atomic mass is 19.1. The van der Waals surface area contributed by atoms with E-state index < -0.39 is 5.82 Å². The van der Waals surface area contributed by atoms with Gasteiger partial charge in [0.1, 0.15) is 18.1 Å². The number of hydrogen-bond acceptors (Lipinski definition) is 7. The molecule has 0 radical (unpaired) electrons. The smallest absolute Gasteiger partial charge is 0.266 e. The lowest BCUT2D eigenvalue weighted by Gasteiger charge is -2.37. The molecule has 2 aliphatic rings. The van der Waals surface area contributed by atoms with Gasteiger partial charge in [-0.2, -0.15) is 0 Å². The summed E-state index contributed by atoms with van der Waals surface area (Å²) in [6, 6.07) is 4.33. The van der Waals surface area contributed by atoms with E-state index in [1.165, 1.54) is 18.5 Å². The van der Waals surface area contributed by atoms with E-state index in [9.17, 15) is 9.18 Å². The van der Waals surface area contributed by atoms with Crippen LogP contribution in [0, 0.1) is 5.82 Å². The molecule has 27 heavy (non-hydrogen) atoms. The van der Waals surface area contributed by atoms with Gasteiger partial charge in [0.25, 0.3) is 5.89 Å². The SMILES string of the molecule is CCN1CCN(CN2C(=O)CN=C(c3nnco3)c3cc(F)ccc32)CC1. The van der Waals surface area contributed by atoms with Crippen LogP contribution in [0.3, 0.4) is 0 Å². The number of benzene rings is 1. The summed E-state index contributed by atoms with van der Waals surface area (Å²) >= 11 is 0. The van der Waals surface area contributed by atoms with Gasteiger partial charge in [0.05, 0.1) is 12.4 Å². The number of likely N-dealkylation sites (N-methyl/N-ethyl adjacent to an activating group) is 1. The second-order valence-electron chi connectivity index (χ2n) is 6.59. The molecule has 0 bridgehead atoms. The molecule has 1 saturated heterocycles. The van der Waals surface area contributed by atoms with E-state index in [2.05, 4.69) is 31.9 Å². The number of carbonyl (C=O) groups excluding carboxylic acids is 1. The molecule has 1 fully saturated rings. The van der Waals surface area contributed by atoms with E-state index in [0.717, 1.165) is 32.7 Å². The molecule has 1 aromatic heterocycles. The van der Waals surface area contributed by atoms with Crippen LogP contribution in [0.15, 0.2) is 34.0 Å². The molecule has 2 aromatic rings. The molecule has 0 unspecified atom stereocenters. The van der Waals surface area contributed by atoms with Crippen molar-refractivity contribution in [2.24, 2.45) is 4.99 Å². The summed E-state index contributed by atoms with van der Waals surface area (Å²) in [6.07, 6.45) is 1.19. The second kappa shape index (κ2) is 7.53. The zero-order valence-electron chi connectivity index (χ0n) is 15.1. The highest BCUT2D eigenvalue weighted by Crippen LogP contribution is 2.27. The maximum atomic E-state index is 14.0. The standard InChI is InChI=1S/C18H21FN6O2/c1-2-23-5-7-24(8-6-23)12-25-15-4-3-13(19)9-14(15)17(20-10-16(25)26)18-22-21-11-27-18/h3-4,9,11H,2,5-8,10,12H2,1H3. The Kier molecular flexibility index (Phi) is 4.95. The Bertz CT molecular complexity index is 846. The first-order chi connectivity index (χ1) is 13.2. The number of fused-ring (bicyclic) bond motifs is 1. The van der Waals surface area contributed by atoms with Crippen LogP contribution >= 0.6 is 0 Å². The Balaban J connectivity index is 1.65. The first-order valence-corrected chi connectivity index (χ1v) is 9.01. The van der Waals surface area contributed by atoms with E-state index >= 15 is 0 Å². The third kappa shape index (κ3) is 3.60. The first-order valence-electron chi connectivity index (χ1n) is 9.01. The number of halogens is 1. The van der Waals surface area contributed by atoms with Crippen molar-refractivity contribution in [3.8, 4) is 0 Å². The van der Waals surface area contributed by atoms with Gasteiger partial charge in [0, 0.05) is 31.7 Å². The van der Waals surface area contributed by atoms with Crippen LogP contribution in [0.2, 0.25) is 0 Å².